The number of hydrogen-bond acceptors (Lipinski definition) is 3. The van der Waals surface area contributed by atoms with Crippen molar-refractivity contribution >= 4 is 39.1 Å². The number of carbonyl (C=O) groups is 1. The molecule has 1 unspecified atom stereocenters. The van der Waals surface area contributed by atoms with Gasteiger partial charge in [-0.2, -0.15) is 0 Å². The van der Waals surface area contributed by atoms with Gasteiger partial charge in [0.15, 0.2) is 0 Å². The van der Waals surface area contributed by atoms with Crippen LogP contribution < -0.4 is 0 Å². The zero-order valence-corrected chi connectivity index (χ0v) is 14.7. The number of halogens is 1. The summed E-state index contributed by atoms with van der Waals surface area (Å²) in [6, 6.07) is 15.8. The Kier molecular flexibility index (Phi) is 4.25. The molecule has 0 N–H and O–H groups in total. The highest BCUT2D eigenvalue weighted by atomic mass is 35.5. The van der Waals surface area contributed by atoms with Gasteiger partial charge in [0.05, 0.1) is 22.7 Å². The largest absolute Gasteiger partial charge is 0.333 e. The van der Waals surface area contributed by atoms with E-state index in [1.807, 2.05) is 47.4 Å². The van der Waals surface area contributed by atoms with Gasteiger partial charge in [0.2, 0.25) is 5.91 Å². The standard InChI is InChI=1S/C19H17ClN2OS/c20-14-9-7-13(8-10-14)12-18(23)22-11-3-5-16(22)19-21-15-4-1-2-6-17(15)24-19/h1-2,4,6-10,16H,3,5,11-12H2. The lowest BCUT2D eigenvalue weighted by molar-refractivity contribution is -0.131. The third-order valence-electron chi connectivity index (χ3n) is 4.44. The topological polar surface area (TPSA) is 33.2 Å². The fourth-order valence-electron chi connectivity index (χ4n) is 3.23. The van der Waals surface area contributed by atoms with E-state index >= 15 is 0 Å². The molecule has 0 radical (unpaired) electrons. The number of rotatable bonds is 3. The van der Waals surface area contributed by atoms with Crippen LogP contribution in [0, 0.1) is 0 Å². The van der Waals surface area contributed by atoms with Crippen LogP contribution in [0.25, 0.3) is 10.2 Å². The van der Waals surface area contributed by atoms with Crippen molar-refractivity contribution < 1.29 is 4.79 Å². The lowest BCUT2D eigenvalue weighted by atomic mass is 10.1. The van der Waals surface area contributed by atoms with Gasteiger partial charge in [0.25, 0.3) is 0 Å². The number of nitrogens with zero attached hydrogens (tertiary/aromatic N) is 2. The smallest absolute Gasteiger partial charge is 0.227 e. The van der Waals surface area contributed by atoms with Gasteiger partial charge in [0.1, 0.15) is 5.01 Å². The number of hydrogen-bond donors (Lipinski definition) is 0. The van der Waals surface area contributed by atoms with Crippen LogP contribution in [0.3, 0.4) is 0 Å². The Morgan fingerprint density at radius 3 is 2.79 bits per heavy atom. The highest BCUT2D eigenvalue weighted by molar-refractivity contribution is 7.18. The van der Waals surface area contributed by atoms with Gasteiger partial charge in [-0.1, -0.05) is 35.9 Å². The first-order chi connectivity index (χ1) is 11.7. The van der Waals surface area contributed by atoms with Gasteiger partial charge >= 0.3 is 0 Å². The molecule has 1 amide bonds. The van der Waals surface area contributed by atoms with E-state index in [0.717, 1.165) is 35.5 Å². The fraction of sp³-hybridized carbons (Fsp3) is 0.263. The average Bonchev–Trinajstić information content (AvgIpc) is 3.23. The first-order valence-corrected chi connectivity index (χ1v) is 9.29. The number of fused-ring (bicyclic) bond motifs is 1. The van der Waals surface area contributed by atoms with Crippen molar-refractivity contribution in [3.05, 3.63) is 64.1 Å². The predicted octanol–water partition coefficient (Wildman–Crippen LogP) is 4.86. The van der Waals surface area contributed by atoms with E-state index in [1.54, 1.807) is 11.3 Å². The molecule has 1 aliphatic rings. The SMILES string of the molecule is O=C(Cc1ccc(Cl)cc1)N1CCCC1c1nc2ccccc2s1. The van der Waals surface area contributed by atoms with E-state index in [9.17, 15) is 4.79 Å². The maximum atomic E-state index is 12.8. The highest BCUT2D eigenvalue weighted by Crippen LogP contribution is 2.36. The van der Waals surface area contributed by atoms with Gasteiger partial charge < -0.3 is 4.90 Å². The molecule has 1 atom stereocenters. The van der Waals surface area contributed by atoms with Crippen LogP contribution in [-0.2, 0) is 11.2 Å². The third-order valence-corrected chi connectivity index (χ3v) is 5.83. The molecule has 0 bridgehead atoms. The summed E-state index contributed by atoms with van der Waals surface area (Å²) in [4.78, 5) is 19.5. The second-order valence-corrected chi connectivity index (χ2v) is 7.57. The summed E-state index contributed by atoms with van der Waals surface area (Å²) in [6.45, 7) is 0.813. The van der Waals surface area contributed by atoms with E-state index in [0.29, 0.717) is 11.4 Å². The Morgan fingerprint density at radius 1 is 1.21 bits per heavy atom. The number of thiazole rings is 1. The number of amides is 1. The summed E-state index contributed by atoms with van der Waals surface area (Å²) in [7, 11) is 0. The second kappa shape index (κ2) is 6.54. The summed E-state index contributed by atoms with van der Waals surface area (Å²) >= 11 is 7.62. The number of aromatic nitrogens is 1. The van der Waals surface area contributed by atoms with Crippen molar-refractivity contribution in [3.8, 4) is 0 Å². The molecule has 0 saturated carbocycles. The number of likely N-dealkylation sites (tertiary alicyclic amines) is 1. The van der Waals surface area contributed by atoms with Crippen molar-refractivity contribution in [1.29, 1.82) is 0 Å². The first kappa shape index (κ1) is 15.6. The summed E-state index contributed by atoms with van der Waals surface area (Å²) in [5.74, 6) is 0.166. The maximum absolute atomic E-state index is 12.8. The van der Waals surface area contributed by atoms with Crippen LogP contribution in [-0.4, -0.2) is 22.3 Å². The highest BCUT2D eigenvalue weighted by Gasteiger charge is 2.32. The summed E-state index contributed by atoms with van der Waals surface area (Å²) < 4.78 is 1.18. The monoisotopic (exact) mass is 356 g/mol. The zero-order chi connectivity index (χ0) is 16.5. The summed E-state index contributed by atoms with van der Waals surface area (Å²) in [5.41, 5.74) is 2.02. The molecule has 1 aliphatic heterocycles. The average molecular weight is 357 g/mol. The number of benzene rings is 2. The molecule has 4 rings (SSSR count). The molecule has 122 valence electrons. The van der Waals surface area contributed by atoms with Crippen LogP contribution in [0.5, 0.6) is 0 Å². The molecule has 1 fully saturated rings. The molecule has 2 heterocycles. The third kappa shape index (κ3) is 3.04. The summed E-state index contributed by atoms with van der Waals surface area (Å²) in [6.07, 6.45) is 2.44. The van der Waals surface area contributed by atoms with Gasteiger partial charge in [-0.25, -0.2) is 4.98 Å². The molecule has 3 aromatic rings. The van der Waals surface area contributed by atoms with Crippen molar-refractivity contribution in [2.24, 2.45) is 0 Å². The van der Waals surface area contributed by atoms with E-state index in [2.05, 4.69) is 6.07 Å². The number of carbonyl (C=O) groups excluding carboxylic acids is 1. The van der Waals surface area contributed by atoms with Crippen LogP contribution in [0.2, 0.25) is 5.02 Å². The zero-order valence-electron chi connectivity index (χ0n) is 13.1. The van der Waals surface area contributed by atoms with Crippen LogP contribution in [0.1, 0.15) is 29.5 Å². The minimum atomic E-state index is 0.113. The first-order valence-electron chi connectivity index (χ1n) is 8.10. The minimum Gasteiger partial charge on any atom is -0.333 e. The molecule has 0 aliphatic carbocycles. The molecule has 1 aromatic heterocycles. The van der Waals surface area contributed by atoms with Gasteiger partial charge in [-0.05, 0) is 42.7 Å². The normalized spacial score (nSPS) is 17.5. The van der Waals surface area contributed by atoms with E-state index < -0.39 is 0 Å². The van der Waals surface area contributed by atoms with Crippen LogP contribution in [0.4, 0.5) is 0 Å². The van der Waals surface area contributed by atoms with E-state index in [1.165, 1.54) is 4.70 Å². The lowest BCUT2D eigenvalue weighted by Gasteiger charge is -2.23. The Hall–Kier alpha value is -1.91. The molecule has 2 aromatic carbocycles. The predicted molar refractivity (Wildman–Crippen MR) is 98.5 cm³/mol. The van der Waals surface area contributed by atoms with Crippen molar-refractivity contribution in [3.63, 3.8) is 0 Å². The van der Waals surface area contributed by atoms with Crippen LogP contribution >= 0.6 is 22.9 Å². The minimum absolute atomic E-state index is 0.113. The quantitative estimate of drug-likeness (QED) is 0.671. The Bertz CT molecular complexity index is 841. The van der Waals surface area contributed by atoms with E-state index in [4.69, 9.17) is 16.6 Å². The lowest BCUT2D eigenvalue weighted by Crippen LogP contribution is -2.31. The molecular formula is C19H17ClN2OS. The maximum Gasteiger partial charge on any atom is 0.227 e. The Balaban J connectivity index is 1.55. The van der Waals surface area contributed by atoms with Gasteiger partial charge in [0, 0.05) is 11.6 Å². The molecular weight excluding hydrogens is 340 g/mol. The van der Waals surface area contributed by atoms with Crippen LogP contribution in [0.15, 0.2) is 48.5 Å². The molecule has 1 saturated heterocycles. The van der Waals surface area contributed by atoms with Crippen molar-refractivity contribution in [1.82, 2.24) is 9.88 Å². The molecule has 3 nitrogen and oxygen atoms in total. The second-order valence-electron chi connectivity index (χ2n) is 6.07. The van der Waals surface area contributed by atoms with Gasteiger partial charge in [-0.3, -0.25) is 4.79 Å². The van der Waals surface area contributed by atoms with Gasteiger partial charge in [-0.15, -0.1) is 11.3 Å². The summed E-state index contributed by atoms with van der Waals surface area (Å²) in [5, 5.41) is 1.75. The molecule has 24 heavy (non-hydrogen) atoms. The molecule has 5 heteroatoms. The van der Waals surface area contributed by atoms with E-state index in [-0.39, 0.29) is 11.9 Å². The Labute approximate surface area is 149 Å². The molecule has 0 spiro atoms. The fourth-order valence-corrected chi connectivity index (χ4v) is 4.47. The van der Waals surface area contributed by atoms with Crippen molar-refractivity contribution in [2.45, 2.75) is 25.3 Å². The number of para-hydroxylation sites is 1. The Morgan fingerprint density at radius 2 is 2.00 bits per heavy atom. The van der Waals surface area contributed by atoms with Crippen molar-refractivity contribution in [2.75, 3.05) is 6.54 Å².